The molecule has 0 unspecified atom stereocenters. The number of fused-ring (bicyclic) bond motifs is 3. The van der Waals surface area contributed by atoms with E-state index in [0.29, 0.717) is 0 Å². The van der Waals surface area contributed by atoms with Crippen molar-refractivity contribution >= 4 is 10.9 Å². The van der Waals surface area contributed by atoms with Crippen molar-refractivity contribution in [2.45, 2.75) is 19.5 Å². The zero-order chi connectivity index (χ0) is 18.2. The Labute approximate surface area is 157 Å². The highest BCUT2D eigenvalue weighted by Crippen LogP contribution is 2.28. The monoisotopic (exact) mass is 359 g/mol. The first-order valence-corrected chi connectivity index (χ1v) is 9.17. The number of benzene rings is 2. The minimum Gasteiger partial charge on any atom is -0.494 e. The molecule has 2 aromatic carbocycles. The normalized spacial score (nSPS) is 14.4. The van der Waals surface area contributed by atoms with Gasteiger partial charge in [0, 0.05) is 36.2 Å². The SMILES string of the molecule is COc1ccccc1-n1cc(CN2CCc3c([nH]c4ccccc34)C2)nn1. The minimum absolute atomic E-state index is 0.782. The van der Waals surface area contributed by atoms with Crippen LogP contribution in [0.2, 0.25) is 0 Å². The van der Waals surface area contributed by atoms with Crippen molar-refractivity contribution in [3.63, 3.8) is 0 Å². The van der Waals surface area contributed by atoms with Crippen LogP contribution in [0.25, 0.3) is 16.6 Å². The number of hydrogen-bond acceptors (Lipinski definition) is 4. The smallest absolute Gasteiger partial charge is 0.144 e. The Balaban J connectivity index is 1.35. The number of nitrogens with zero attached hydrogens (tertiary/aromatic N) is 4. The molecule has 1 aliphatic rings. The van der Waals surface area contributed by atoms with Crippen LogP contribution in [0.3, 0.4) is 0 Å². The predicted octanol–water partition coefficient (Wildman–Crippen LogP) is 3.32. The fourth-order valence-corrected chi connectivity index (χ4v) is 3.92. The third kappa shape index (κ3) is 2.88. The van der Waals surface area contributed by atoms with Crippen molar-refractivity contribution in [2.24, 2.45) is 0 Å². The second-order valence-electron chi connectivity index (χ2n) is 6.91. The Morgan fingerprint density at radius 1 is 1.11 bits per heavy atom. The van der Waals surface area contributed by atoms with E-state index in [0.717, 1.165) is 43.2 Å². The molecule has 0 bridgehead atoms. The predicted molar refractivity (Wildman–Crippen MR) is 104 cm³/mol. The Morgan fingerprint density at radius 3 is 2.89 bits per heavy atom. The van der Waals surface area contributed by atoms with Gasteiger partial charge < -0.3 is 9.72 Å². The van der Waals surface area contributed by atoms with E-state index in [4.69, 9.17) is 4.74 Å². The van der Waals surface area contributed by atoms with E-state index in [-0.39, 0.29) is 0 Å². The lowest BCUT2D eigenvalue weighted by molar-refractivity contribution is 0.240. The number of ether oxygens (including phenoxy) is 1. The summed E-state index contributed by atoms with van der Waals surface area (Å²) in [6, 6.07) is 16.4. The molecule has 0 spiro atoms. The molecule has 6 heteroatoms. The molecule has 0 amide bonds. The fourth-order valence-electron chi connectivity index (χ4n) is 3.92. The van der Waals surface area contributed by atoms with Crippen LogP contribution in [0.5, 0.6) is 5.75 Å². The number of methoxy groups -OCH3 is 1. The molecule has 2 aromatic heterocycles. The van der Waals surface area contributed by atoms with Gasteiger partial charge in [0.2, 0.25) is 0 Å². The second-order valence-corrected chi connectivity index (χ2v) is 6.91. The molecular weight excluding hydrogens is 338 g/mol. The quantitative estimate of drug-likeness (QED) is 0.607. The van der Waals surface area contributed by atoms with E-state index < -0.39 is 0 Å². The summed E-state index contributed by atoms with van der Waals surface area (Å²) in [6.07, 6.45) is 3.04. The molecule has 136 valence electrons. The molecule has 0 aliphatic carbocycles. The lowest BCUT2D eigenvalue weighted by atomic mass is 10.0. The number of nitrogens with one attached hydrogen (secondary N) is 1. The highest BCUT2D eigenvalue weighted by atomic mass is 16.5. The first kappa shape index (κ1) is 16.1. The largest absolute Gasteiger partial charge is 0.494 e. The maximum Gasteiger partial charge on any atom is 0.144 e. The number of rotatable bonds is 4. The highest BCUT2D eigenvalue weighted by Gasteiger charge is 2.21. The average Bonchev–Trinajstić information content (AvgIpc) is 3.32. The molecule has 4 aromatic rings. The number of aromatic amines is 1. The van der Waals surface area contributed by atoms with Crippen molar-refractivity contribution in [1.29, 1.82) is 0 Å². The molecule has 6 nitrogen and oxygen atoms in total. The van der Waals surface area contributed by atoms with Gasteiger partial charge in [-0.05, 0) is 30.2 Å². The van der Waals surface area contributed by atoms with Gasteiger partial charge in [-0.3, -0.25) is 4.90 Å². The first-order valence-electron chi connectivity index (χ1n) is 9.17. The van der Waals surface area contributed by atoms with Crippen LogP contribution < -0.4 is 4.74 Å². The van der Waals surface area contributed by atoms with E-state index in [1.165, 1.54) is 22.2 Å². The van der Waals surface area contributed by atoms with Crippen molar-refractivity contribution in [1.82, 2.24) is 24.9 Å². The lowest BCUT2D eigenvalue weighted by Crippen LogP contribution is -2.30. The Bertz CT molecular complexity index is 1100. The van der Waals surface area contributed by atoms with E-state index in [1.54, 1.807) is 11.8 Å². The van der Waals surface area contributed by atoms with E-state index >= 15 is 0 Å². The van der Waals surface area contributed by atoms with E-state index in [2.05, 4.69) is 44.5 Å². The van der Waals surface area contributed by atoms with Gasteiger partial charge in [0.15, 0.2) is 0 Å². The van der Waals surface area contributed by atoms with Crippen molar-refractivity contribution < 1.29 is 4.74 Å². The Morgan fingerprint density at radius 2 is 1.96 bits per heavy atom. The number of para-hydroxylation sites is 3. The van der Waals surface area contributed by atoms with Gasteiger partial charge in [0.25, 0.3) is 0 Å². The van der Waals surface area contributed by atoms with Crippen molar-refractivity contribution in [3.05, 3.63) is 71.7 Å². The molecule has 0 atom stereocenters. The number of H-pyrrole nitrogens is 1. The van der Waals surface area contributed by atoms with E-state index in [9.17, 15) is 0 Å². The zero-order valence-corrected chi connectivity index (χ0v) is 15.2. The van der Waals surface area contributed by atoms with E-state index in [1.807, 2.05) is 30.5 Å². The summed E-state index contributed by atoms with van der Waals surface area (Å²) in [6.45, 7) is 2.71. The van der Waals surface area contributed by atoms with Crippen molar-refractivity contribution in [2.75, 3.05) is 13.7 Å². The van der Waals surface area contributed by atoms with Crippen LogP contribution in [-0.4, -0.2) is 38.5 Å². The molecule has 1 N–H and O–H groups in total. The first-order chi connectivity index (χ1) is 13.3. The maximum absolute atomic E-state index is 5.42. The van der Waals surface area contributed by atoms with Gasteiger partial charge >= 0.3 is 0 Å². The Hall–Kier alpha value is -3.12. The van der Waals surface area contributed by atoms with Gasteiger partial charge in [-0.25, -0.2) is 4.68 Å². The zero-order valence-electron chi connectivity index (χ0n) is 15.2. The van der Waals surface area contributed by atoms with Gasteiger partial charge in [-0.2, -0.15) is 0 Å². The number of hydrogen-bond donors (Lipinski definition) is 1. The molecule has 5 rings (SSSR count). The van der Waals surface area contributed by atoms with Gasteiger partial charge in [-0.1, -0.05) is 35.5 Å². The molecule has 0 radical (unpaired) electrons. The summed E-state index contributed by atoms with van der Waals surface area (Å²) in [5, 5.41) is 10.0. The Kier molecular flexibility index (Phi) is 3.90. The molecule has 0 saturated heterocycles. The topological polar surface area (TPSA) is 59.0 Å². The standard InChI is InChI=1S/C21H21N5O/c1-27-21-9-5-4-8-20(21)26-13-15(23-24-26)12-25-11-10-17-16-6-2-3-7-18(16)22-19(17)14-25/h2-9,13,22H,10-12,14H2,1H3. The molecular formula is C21H21N5O. The number of aromatic nitrogens is 4. The highest BCUT2D eigenvalue weighted by molar-refractivity contribution is 5.84. The summed E-state index contributed by atoms with van der Waals surface area (Å²) in [4.78, 5) is 5.99. The molecule has 3 heterocycles. The maximum atomic E-state index is 5.42. The molecule has 27 heavy (non-hydrogen) atoms. The van der Waals surface area contributed by atoms with Crippen LogP contribution in [0.4, 0.5) is 0 Å². The summed E-state index contributed by atoms with van der Waals surface area (Å²) in [7, 11) is 1.67. The molecule has 0 saturated carbocycles. The summed E-state index contributed by atoms with van der Waals surface area (Å²) in [5.74, 6) is 0.787. The summed E-state index contributed by atoms with van der Waals surface area (Å²) >= 11 is 0. The second kappa shape index (κ2) is 6.55. The molecule has 1 aliphatic heterocycles. The van der Waals surface area contributed by atoms with Crippen LogP contribution in [0, 0.1) is 0 Å². The van der Waals surface area contributed by atoms with Crippen molar-refractivity contribution in [3.8, 4) is 11.4 Å². The van der Waals surface area contributed by atoms with Gasteiger partial charge in [0.1, 0.15) is 11.4 Å². The third-order valence-corrected chi connectivity index (χ3v) is 5.22. The lowest BCUT2D eigenvalue weighted by Gasteiger charge is -2.25. The van der Waals surface area contributed by atoms with Gasteiger partial charge in [-0.15, -0.1) is 5.10 Å². The fraction of sp³-hybridized carbons (Fsp3) is 0.238. The van der Waals surface area contributed by atoms with Crippen LogP contribution >= 0.6 is 0 Å². The molecule has 0 fully saturated rings. The van der Waals surface area contributed by atoms with Crippen LogP contribution in [0.1, 0.15) is 17.0 Å². The minimum atomic E-state index is 0.782. The summed E-state index contributed by atoms with van der Waals surface area (Å²) < 4.78 is 7.21. The van der Waals surface area contributed by atoms with Gasteiger partial charge in [0.05, 0.1) is 19.0 Å². The summed E-state index contributed by atoms with van der Waals surface area (Å²) in [5.41, 5.74) is 5.86. The van der Waals surface area contributed by atoms with Crippen LogP contribution in [-0.2, 0) is 19.5 Å². The van der Waals surface area contributed by atoms with Crippen LogP contribution in [0.15, 0.2) is 54.7 Å². The average molecular weight is 359 g/mol. The third-order valence-electron chi connectivity index (χ3n) is 5.22.